The highest BCUT2D eigenvalue weighted by atomic mass is 79.9. The van der Waals surface area contributed by atoms with E-state index < -0.39 is 0 Å². The van der Waals surface area contributed by atoms with Crippen LogP contribution < -0.4 is 5.32 Å². The molecule has 1 aromatic carbocycles. The minimum atomic E-state index is -0.285. The summed E-state index contributed by atoms with van der Waals surface area (Å²) in [5.41, 5.74) is 1.05. The molecule has 0 radical (unpaired) electrons. The second-order valence-electron chi connectivity index (χ2n) is 3.22. The maximum absolute atomic E-state index is 11.3. The van der Waals surface area contributed by atoms with Crippen LogP contribution >= 0.6 is 27.7 Å². The minimum Gasteiger partial charge on any atom is -0.286 e. The molecule has 15 heavy (non-hydrogen) atoms. The van der Waals surface area contributed by atoms with Crippen LogP contribution in [0.5, 0.6) is 0 Å². The van der Waals surface area contributed by atoms with Crippen LogP contribution in [-0.4, -0.2) is 16.4 Å². The van der Waals surface area contributed by atoms with E-state index in [1.54, 1.807) is 0 Å². The van der Waals surface area contributed by atoms with Gasteiger partial charge in [-0.1, -0.05) is 39.8 Å². The van der Waals surface area contributed by atoms with Gasteiger partial charge in [-0.3, -0.25) is 14.9 Å². The second-order valence-corrected chi connectivity index (χ2v) is 5.31. The van der Waals surface area contributed by atoms with E-state index in [9.17, 15) is 9.59 Å². The van der Waals surface area contributed by atoms with Crippen molar-refractivity contribution in [2.45, 2.75) is 11.7 Å². The van der Waals surface area contributed by atoms with Gasteiger partial charge >= 0.3 is 0 Å². The molecule has 0 spiro atoms. The van der Waals surface area contributed by atoms with Gasteiger partial charge in [0.25, 0.3) is 5.24 Å². The molecule has 1 N–H and O–H groups in total. The number of hydrogen-bond acceptors (Lipinski definition) is 3. The molecule has 0 unspecified atom stereocenters. The van der Waals surface area contributed by atoms with Crippen molar-refractivity contribution in [3.8, 4) is 0 Å². The average Bonchev–Trinajstić information content (AvgIpc) is 2.45. The van der Waals surface area contributed by atoms with Crippen molar-refractivity contribution >= 4 is 38.8 Å². The van der Waals surface area contributed by atoms with Gasteiger partial charge in [0, 0.05) is 4.47 Å². The Morgan fingerprint density at radius 2 is 2.20 bits per heavy atom. The number of halogens is 1. The molecule has 78 valence electrons. The minimum absolute atomic E-state index is 0.190. The lowest BCUT2D eigenvalue weighted by Crippen LogP contribution is -2.25. The zero-order valence-corrected chi connectivity index (χ0v) is 10.1. The van der Waals surface area contributed by atoms with E-state index in [0.717, 1.165) is 21.8 Å². The van der Waals surface area contributed by atoms with Crippen molar-refractivity contribution in [2.75, 3.05) is 0 Å². The summed E-state index contributed by atoms with van der Waals surface area (Å²) in [6.45, 7) is 0. The Morgan fingerprint density at radius 3 is 2.80 bits per heavy atom. The van der Waals surface area contributed by atoms with E-state index in [1.807, 2.05) is 24.3 Å². The summed E-state index contributed by atoms with van der Waals surface area (Å²) in [6, 6.07) is 7.74. The standard InChI is InChI=1S/C10H8BrNO2S/c11-7-3-1-2-6(4-7)5-8-9(13)12-10(14)15-8/h1-4,8H,5H2,(H,12,13,14)/t8-/m0/s1. The van der Waals surface area contributed by atoms with Crippen LogP contribution in [0.25, 0.3) is 0 Å². The third kappa shape index (κ3) is 2.60. The summed E-state index contributed by atoms with van der Waals surface area (Å²) < 4.78 is 0.981. The highest BCUT2D eigenvalue weighted by molar-refractivity contribution is 9.10. The molecule has 2 rings (SSSR count). The van der Waals surface area contributed by atoms with Gasteiger partial charge < -0.3 is 0 Å². The SMILES string of the molecule is O=C1NC(=O)[C@H](Cc2cccc(Br)c2)S1. The van der Waals surface area contributed by atoms with Crippen LogP contribution in [0.2, 0.25) is 0 Å². The first-order valence-corrected chi connectivity index (χ1v) is 6.08. The molecule has 1 atom stereocenters. The molecule has 3 nitrogen and oxygen atoms in total. The van der Waals surface area contributed by atoms with Crippen molar-refractivity contribution < 1.29 is 9.59 Å². The molecule has 1 saturated heterocycles. The lowest BCUT2D eigenvalue weighted by Gasteiger charge is -2.05. The first-order valence-electron chi connectivity index (χ1n) is 4.41. The molecule has 0 aliphatic carbocycles. The predicted molar refractivity (Wildman–Crippen MR) is 62.8 cm³/mol. The first kappa shape index (κ1) is 10.7. The Morgan fingerprint density at radius 1 is 1.40 bits per heavy atom. The van der Waals surface area contributed by atoms with E-state index in [2.05, 4.69) is 21.2 Å². The van der Waals surface area contributed by atoms with Gasteiger partial charge in [0.15, 0.2) is 0 Å². The third-order valence-corrected chi connectivity index (χ3v) is 3.55. The highest BCUT2D eigenvalue weighted by Gasteiger charge is 2.31. The van der Waals surface area contributed by atoms with Crippen molar-refractivity contribution in [1.82, 2.24) is 5.32 Å². The fourth-order valence-corrected chi connectivity index (χ4v) is 2.71. The molecule has 1 fully saturated rings. The number of rotatable bonds is 2. The maximum atomic E-state index is 11.3. The van der Waals surface area contributed by atoms with Crippen LogP contribution in [0.1, 0.15) is 5.56 Å². The molecule has 1 aliphatic rings. The largest absolute Gasteiger partial charge is 0.286 e. The number of benzene rings is 1. The van der Waals surface area contributed by atoms with Gasteiger partial charge in [0.1, 0.15) is 0 Å². The van der Waals surface area contributed by atoms with E-state index in [-0.39, 0.29) is 16.4 Å². The Kier molecular flexibility index (Phi) is 3.11. The van der Waals surface area contributed by atoms with Crippen molar-refractivity contribution in [1.29, 1.82) is 0 Å². The Balaban J connectivity index is 2.09. The Labute approximate surface area is 99.7 Å². The topological polar surface area (TPSA) is 46.2 Å². The molecule has 1 heterocycles. The van der Waals surface area contributed by atoms with Gasteiger partial charge in [-0.25, -0.2) is 0 Å². The van der Waals surface area contributed by atoms with Crippen molar-refractivity contribution in [2.24, 2.45) is 0 Å². The van der Waals surface area contributed by atoms with Crippen LogP contribution in [0, 0.1) is 0 Å². The monoisotopic (exact) mass is 285 g/mol. The number of hydrogen-bond donors (Lipinski definition) is 1. The summed E-state index contributed by atoms with van der Waals surface area (Å²) in [5.74, 6) is -0.190. The molecule has 0 saturated carbocycles. The highest BCUT2D eigenvalue weighted by Crippen LogP contribution is 2.23. The molecular formula is C10H8BrNO2S. The molecule has 0 bridgehead atoms. The smallest absolute Gasteiger partial charge is 0.286 e. The molecule has 0 aromatic heterocycles. The Hall–Kier alpha value is -0.810. The molecule has 1 aliphatic heterocycles. The zero-order valence-electron chi connectivity index (χ0n) is 7.70. The number of thioether (sulfide) groups is 1. The number of amides is 2. The lowest BCUT2D eigenvalue weighted by molar-refractivity contribution is -0.118. The first-order chi connectivity index (χ1) is 7.15. The van der Waals surface area contributed by atoms with Gasteiger partial charge in [0.05, 0.1) is 5.25 Å². The molecule has 1 aromatic rings. The van der Waals surface area contributed by atoms with Crippen LogP contribution in [0.3, 0.4) is 0 Å². The van der Waals surface area contributed by atoms with Gasteiger partial charge in [-0.2, -0.15) is 0 Å². The van der Waals surface area contributed by atoms with E-state index in [4.69, 9.17) is 0 Å². The van der Waals surface area contributed by atoms with Crippen LogP contribution in [-0.2, 0) is 11.2 Å². The zero-order chi connectivity index (χ0) is 10.8. The van der Waals surface area contributed by atoms with Crippen LogP contribution in [0.15, 0.2) is 28.7 Å². The number of imide groups is 1. The molecule has 5 heteroatoms. The van der Waals surface area contributed by atoms with E-state index >= 15 is 0 Å². The van der Waals surface area contributed by atoms with Gasteiger partial charge in [0.2, 0.25) is 5.91 Å². The van der Waals surface area contributed by atoms with Crippen LogP contribution in [0.4, 0.5) is 4.79 Å². The van der Waals surface area contributed by atoms with Gasteiger partial charge in [-0.05, 0) is 24.1 Å². The number of carbonyl (C=O) groups is 2. The maximum Gasteiger partial charge on any atom is 0.286 e. The summed E-state index contributed by atoms with van der Waals surface area (Å²) in [4.78, 5) is 22.3. The number of nitrogens with one attached hydrogen (secondary N) is 1. The molecule has 2 amide bonds. The van der Waals surface area contributed by atoms with Crippen molar-refractivity contribution in [3.63, 3.8) is 0 Å². The average molecular weight is 286 g/mol. The fraction of sp³-hybridized carbons (Fsp3) is 0.200. The summed E-state index contributed by atoms with van der Waals surface area (Å²) in [5, 5.41) is 1.74. The molecular weight excluding hydrogens is 278 g/mol. The van der Waals surface area contributed by atoms with Gasteiger partial charge in [-0.15, -0.1) is 0 Å². The van der Waals surface area contributed by atoms with E-state index in [0.29, 0.717) is 6.42 Å². The number of carbonyl (C=O) groups excluding carboxylic acids is 2. The lowest BCUT2D eigenvalue weighted by atomic mass is 10.1. The fourth-order valence-electron chi connectivity index (χ4n) is 1.41. The Bertz CT molecular complexity index is 422. The quantitative estimate of drug-likeness (QED) is 0.907. The predicted octanol–water partition coefficient (Wildman–Crippen LogP) is 2.34. The summed E-state index contributed by atoms with van der Waals surface area (Å²) >= 11 is 4.42. The normalized spacial score (nSPS) is 20.5. The summed E-state index contributed by atoms with van der Waals surface area (Å²) in [6.07, 6.45) is 0.585. The third-order valence-electron chi connectivity index (χ3n) is 2.08. The van der Waals surface area contributed by atoms with Crippen molar-refractivity contribution in [3.05, 3.63) is 34.3 Å². The second kappa shape index (κ2) is 4.37. The van der Waals surface area contributed by atoms with E-state index in [1.165, 1.54) is 0 Å². The summed E-state index contributed by atoms with van der Waals surface area (Å²) in [7, 11) is 0.